The zero-order valence-corrected chi connectivity index (χ0v) is 31.0. The first-order valence-corrected chi connectivity index (χ1v) is 19.3. The van der Waals surface area contributed by atoms with E-state index in [4.69, 9.17) is 9.47 Å². The first-order chi connectivity index (χ1) is 28.2. The van der Waals surface area contributed by atoms with E-state index in [1.807, 2.05) is 30.3 Å². The molecule has 268 valence electrons. The summed E-state index contributed by atoms with van der Waals surface area (Å²) in [6, 6.07) is 75.1. The average Bonchev–Trinajstić information content (AvgIpc) is 3.51. The van der Waals surface area contributed by atoms with Crippen LogP contribution in [0.4, 0.5) is 17.1 Å². The van der Waals surface area contributed by atoms with Crippen LogP contribution in [0, 0.1) is 0 Å². The number of rotatable bonds is 5. The van der Waals surface area contributed by atoms with E-state index in [9.17, 15) is 0 Å². The van der Waals surface area contributed by atoms with Gasteiger partial charge in [0.1, 0.15) is 23.0 Å². The number of para-hydroxylation sites is 3. The second kappa shape index (κ2) is 13.6. The second-order valence-electron chi connectivity index (χ2n) is 14.5. The smallest absolute Gasteiger partial charge is 0.135 e. The topological polar surface area (TPSA) is 21.7 Å². The van der Waals surface area contributed by atoms with Gasteiger partial charge >= 0.3 is 0 Å². The van der Waals surface area contributed by atoms with Crippen LogP contribution in [0.5, 0.6) is 23.0 Å². The van der Waals surface area contributed by atoms with Crippen molar-refractivity contribution in [1.29, 1.82) is 0 Å². The molecule has 9 aromatic rings. The lowest BCUT2D eigenvalue weighted by Crippen LogP contribution is -2.10. The molecule has 2 heterocycles. The van der Waals surface area contributed by atoms with Crippen molar-refractivity contribution >= 4 is 17.1 Å². The summed E-state index contributed by atoms with van der Waals surface area (Å²) >= 11 is 0. The molecular weight excluding hydrogens is 695 g/mol. The van der Waals surface area contributed by atoms with Crippen molar-refractivity contribution in [2.45, 2.75) is 0 Å². The Morgan fingerprint density at radius 3 is 1.19 bits per heavy atom. The van der Waals surface area contributed by atoms with Crippen molar-refractivity contribution in [2.24, 2.45) is 0 Å². The van der Waals surface area contributed by atoms with Gasteiger partial charge in [-0.1, -0.05) is 146 Å². The molecule has 0 atom stereocenters. The van der Waals surface area contributed by atoms with E-state index in [-0.39, 0.29) is 0 Å². The van der Waals surface area contributed by atoms with E-state index in [1.54, 1.807) is 0 Å². The Bertz CT molecular complexity index is 2950. The number of nitrogens with zero attached hydrogens (tertiary/aromatic N) is 1. The first kappa shape index (κ1) is 32.8. The molecule has 0 radical (unpaired) electrons. The molecule has 11 rings (SSSR count). The summed E-state index contributed by atoms with van der Waals surface area (Å²) < 4.78 is 13.1. The minimum absolute atomic E-state index is 0.849. The van der Waals surface area contributed by atoms with Crippen molar-refractivity contribution in [3.63, 3.8) is 0 Å². The van der Waals surface area contributed by atoms with Crippen LogP contribution in [0.2, 0.25) is 0 Å². The quantitative estimate of drug-likeness (QED) is 0.176. The zero-order chi connectivity index (χ0) is 37.7. The van der Waals surface area contributed by atoms with E-state index < -0.39 is 0 Å². The van der Waals surface area contributed by atoms with Crippen LogP contribution in [0.25, 0.3) is 66.8 Å². The molecule has 3 nitrogen and oxygen atoms in total. The maximum Gasteiger partial charge on any atom is 0.135 e. The second-order valence-corrected chi connectivity index (χ2v) is 14.5. The van der Waals surface area contributed by atoms with Crippen molar-refractivity contribution in [3.05, 3.63) is 212 Å². The fourth-order valence-electron chi connectivity index (χ4n) is 8.35. The standard InChI is InChI=1S/C54H35NO2/c1-2-12-36(13-3-1)37-22-27-40(28-23-37)55(42-31-32-45-47-17-7-10-20-52(47)56-53-21-11-8-18-48(53)49(45)35-42)41-29-24-38(25-30-41)39-26-33-54-50(34-39)44-15-5-4-14-43(44)46-16-6-9-19-51(46)57-54/h1-35H. The number of hydrogen-bond donors (Lipinski definition) is 0. The van der Waals surface area contributed by atoms with Crippen LogP contribution in [0.15, 0.2) is 212 Å². The molecule has 0 spiro atoms. The third-order valence-electron chi connectivity index (χ3n) is 11.1. The molecule has 0 unspecified atom stereocenters. The predicted octanol–water partition coefficient (Wildman–Crippen LogP) is 15.4. The minimum Gasteiger partial charge on any atom is -0.456 e. The maximum absolute atomic E-state index is 6.54. The molecule has 9 aromatic carbocycles. The monoisotopic (exact) mass is 729 g/mol. The molecule has 0 bridgehead atoms. The Kier molecular flexibility index (Phi) is 7.82. The molecule has 0 aromatic heterocycles. The Morgan fingerprint density at radius 2 is 0.614 bits per heavy atom. The van der Waals surface area contributed by atoms with E-state index in [0.29, 0.717) is 0 Å². The van der Waals surface area contributed by atoms with Gasteiger partial charge in [0.2, 0.25) is 0 Å². The Hall–Kier alpha value is -7.62. The van der Waals surface area contributed by atoms with Gasteiger partial charge in [0.25, 0.3) is 0 Å². The highest BCUT2D eigenvalue weighted by atomic mass is 16.5. The Labute approximate surface area is 332 Å². The van der Waals surface area contributed by atoms with Gasteiger partial charge in [-0.15, -0.1) is 0 Å². The van der Waals surface area contributed by atoms with Crippen LogP contribution in [-0.2, 0) is 0 Å². The van der Waals surface area contributed by atoms with Gasteiger partial charge in [0.05, 0.1) is 0 Å². The fourth-order valence-corrected chi connectivity index (χ4v) is 8.35. The lowest BCUT2D eigenvalue weighted by Gasteiger charge is -2.27. The van der Waals surface area contributed by atoms with Gasteiger partial charge in [-0.25, -0.2) is 0 Å². The van der Waals surface area contributed by atoms with Gasteiger partial charge in [0, 0.05) is 39.3 Å². The van der Waals surface area contributed by atoms with Crippen LogP contribution >= 0.6 is 0 Å². The zero-order valence-electron chi connectivity index (χ0n) is 31.0. The largest absolute Gasteiger partial charge is 0.456 e. The SMILES string of the molecule is c1ccc(-c2ccc(N(c3ccc(-c4ccc5c(c4)-c4ccccc4-c4ccccc4O5)cc3)c3ccc4c(c3)-c3ccccc3Oc3ccccc3-4)cc2)cc1. The van der Waals surface area contributed by atoms with Gasteiger partial charge in [-0.05, 0) is 111 Å². The number of anilines is 3. The summed E-state index contributed by atoms with van der Waals surface area (Å²) in [5, 5.41) is 0. The van der Waals surface area contributed by atoms with Gasteiger partial charge in [-0.2, -0.15) is 0 Å². The molecule has 0 saturated heterocycles. The average molecular weight is 730 g/mol. The maximum atomic E-state index is 6.54. The molecule has 0 N–H and O–H groups in total. The molecule has 2 aliphatic rings. The normalized spacial score (nSPS) is 11.8. The first-order valence-electron chi connectivity index (χ1n) is 19.3. The summed E-state index contributed by atoms with van der Waals surface area (Å²) in [7, 11) is 0. The van der Waals surface area contributed by atoms with Gasteiger partial charge in [0.15, 0.2) is 0 Å². The highest BCUT2D eigenvalue weighted by Gasteiger charge is 2.24. The molecule has 0 aliphatic carbocycles. The molecule has 2 aliphatic heterocycles. The Balaban J connectivity index is 1.02. The van der Waals surface area contributed by atoms with Gasteiger partial charge < -0.3 is 14.4 Å². The van der Waals surface area contributed by atoms with Crippen LogP contribution in [0.3, 0.4) is 0 Å². The third kappa shape index (κ3) is 5.76. The van der Waals surface area contributed by atoms with E-state index >= 15 is 0 Å². The van der Waals surface area contributed by atoms with Crippen molar-refractivity contribution in [1.82, 2.24) is 0 Å². The van der Waals surface area contributed by atoms with E-state index in [2.05, 4.69) is 187 Å². The summed E-state index contributed by atoms with van der Waals surface area (Å²) in [6.45, 7) is 0. The number of hydrogen-bond acceptors (Lipinski definition) is 3. The molecule has 0 saturated carbocycles. The molecule has 0 fully saturated rings. The highest BCUT2D eigenvalue weighted by Crippen LogP contribution is 2.50. The van der Waals surface area contributed by atoms with Crippen LogP contribution in [0.1, 0.15) is 0 Å². The lowest BCUT2D eigenvalue weighted by atomic mass is 9.92. The van der Waals surface area contributed by atoms with E-state index in [1.165, 1.54) is 22.3 Å². The minimum atomic E-state index is 0.849. The predicted molar refractivity (Wildman–Crippen MR) is 234 cm³/mol. The molecule has 0 amide bonds. The van der Waals surface area contributed by atoms with Crippen LogP contribution in [-0.4, -0.2) is 0 Å². The summed E-state index contributed by atoms with van der Waals surface area (Å²) in [6.07, 6.45) is 0. The highest BCUT2D eigenvalue weighted by molar-refractivity contribution is 5.95. The van der Waals surface area contributed by atoms with Crippen molar-refractivity contribution in [3.8, 4) is 89.8 Å². The summed E-state index contributed by atoms with van der Waals surface area (Å²) in [4.78, 5) is 2.34. The number of benzene rings is 9. The molecule has 3 heteroatoms. The van der Waals surface area contributed by atoms with Crippen molar-refractivity contribution in [2.75, 3.05) is 4.90 Å². The third-order valence-corrected chi connectivity index (χ3v) is 11.1. The van der Waals surface area contributed by atoms with Crippen molar-refractivity contribution < 1.29 is 9.47 Å². The number of ether oxygens (including phenoxy) is 2. The molecular formula is C54H35NO2. The lowest BCUT2D eigenvalue weighted by molar-refractivity contribution is 0.487. The number of fused-ring (bicyclic) bond motifs is 10. The van der Waals surface area contributed by atoms with Gasteiger partial charge in [-0.3, -0.25) is 0 Å². The van der Waals surface area contributed by atoms with E-state index in [0.717, 1.165) is 84.6 Å². The fraction of sp³-hybridized carbons (Fsp3) is 0. The van der Waals surface area contributed by atoms with Crippen LogP contribution < -0.4 is 14.4 Å². The Morgan fingerprint density at radius 1 is 0.228 bits per heavy atom. The summed E-state index contributed by atoms with van der Waals surface area (Å²) in [5.74, 6) is 3.44. The molecule has 57 heavy (non-hydrogen) atoms. The summed E-state index contributed by atoms with van der Waals surface area (Å²) in [5.41, 5.74) is 16.8.